The quantitative estimate of drug-likeness (QED) is 0.782. The van der Waals surface area contributed by atoms with Gasteiger partial charge in [0.25, 0.3) is 5.92 Å². The summed E-state index contributed by atoms with van der Waals surface area (Å²) in [7, 11) is 0. The second kappa shape index (κ2) is 4.45. The number of hydrogen-bond acceptors (Lipinski definition) is 2. The Balaban J connectivity index is 2.01. The van der Waals surface area contributed by atoms with Crippen molar-refractivity contribution in [2.24, 2.45) is 5.92 Å². The Morgan fingerprint density at radius 3 is 2.62 bits per heavy atom. The summed E-state index contributed by atoms with van der Waals surface area (Å²) in [5, 5.41) is 3.18. The lowest BCUT2D eigenvalue weighted by Gasteiger charge is -2.23. The van der Waals surface area contributed by atoms with Crippen LogP contribution in [0.3, 0.4) is 0 Å². The second-order valence-corrected chi connectivity index (χ2v) is 4.35. The molecule has 1 saturated heterocycles. The second-order valence-electron chi connectivity index (χ2n) is 4.35. The molecule has 0 aromatic heterocycles. The first-order chi connectivity index (χ1) is 7.58. The predicted octanol–water partition coefficient (Wildman–Crippen LogP) is 2.08. The summed E-state index contributed by atoms with van der Waals surface area (Å²) in [5.74, 6) is -2.75. The van der Waals surface area contributed by atoms with Gasteiger partial charge in [-0.1, -0.05) is 6.08 Å². The van der Waals surface area contributed by atoms with Crippen LogP contribution in [0.25, 0.3) is 0 Å². The number of allylic oxidation sites excluding steroid dienone is 4. The van der Waals surface area contributed by atoms with E-state index >= 15 is 0 Å². The van der Waals surface area contributed by atoms with Gasteiger partial charge in [0, 0.05) is 17.9 Å². The molecule has 4 heteroatoms. The number of nitrogens with one attached hydrogen (secondary N) is 1. The Kier molecular flexibility index (Phi) is 3.19. The van der Waals surface area contributed by atoms with Crippen LogP contribution in [0.15, 0.2) is 23.8 Å². The minimum atomic E-state index is -2.78. The van der Waals surface area contributed by atoms with Gasteiger partial charge in [-0.3, -0.25) is 4.79 Å². The van der Waals surface area contributed by atoms with Crippen LogP contribution in [0.2, 0.25) is 0 Å². The summed E-state index contributed by atoms with van der Waals surface area (Å²) < 4.78 is 25.7. The molecule has 0 saturated carbocycles. The van der Waals surface area contributed by atoms with Crippen LogP contribution in [0.5, 0.6) is 0 Å². The zero-order valence-electron chi connectivity index (χ0n) is 9.01. The van der Waals surface area contributed by atoms with Crippen LogP contribution in [-0.4, -0.2) is 24.8 Å². The Morgan fingerprint density at radius 2 is 2.06 bits per heavy atom. The summed E-state index contributed by atoms with van der Waals surface area (Å²) in [4.78, 5) is 12.0. The van der Waals surface area contributed by atoms with E-state index in [1.54, 1.807) is 0 Å². The van der Waals surface area contributed by atoms with E-state index in [1.807, 2.05) is 0 Å². The monoisotopic (exact) mass is 227 g/mol. The first-order valence-corrected chi connectivity index (χ1v) is 5.61. The fraction of sp³-hybridized carbons (Fsp3) is 0.583. The molecule has 1 heterocycles. The zero-order valence-corrected chi connectivity index (χ0v) is 9.01. The summed E-state index contributed by atoms with van der Waals surface area (Å²) >= 11 is 0. The fourth-order valence-electron chi connectivity index (χ4n) is 2.10. The molecule has 88 valence electrons. The van der Waals surface area contributed by atoms with E-state index < -0.39 is 5.92 Å². The van der Waals surface area contributed by atoms with Gasteiger partial charge in [0.15, 0.2) is 5.78 Å². The molecule has 1 aliphatic heterocycles. The number of alkyl halides is 2. The highest BCUT2D eigenvalue weighted by molar-refractivity contribution is 6.00. The number of Topliss-reactive ketones (excluding diaryl/α,β-unsaturated/α-hetero) is 1. The van der Waals surface area contributed by atoms with Crippen molar-refractivity contribution in [1.29, 1.82) is 0 Å². The molecule has 0 bridgehead atoms. The highest BCUT2D eigenvalue weighted by atomic mass is 19.3. The molecule has 2 aliphatic rings. The van der Waals surface area contributed by atoms with Crippen molar-refractivity contribution < 1.29 is 13.6 Å². The van der Waals surface area contributed by atoms with Crippen molar-refractivity contribution in [3.63, 3.8) is 0 Å². The fourth-order valence-corrected chi connectivity index (χ4v) is 2.10. The Morgan fingerprint density at radius 1 is 1.38 bits per heavy atom. The molecule has 2 rings (SSSR count). The van der Waals surface area contributed by atoms with Gasteiger partial charge in [0.2, 0.25) is 0 Å². The van der Waals surface area contributed by atoms with Crippen LogP contribution in [0.1, 0.15) is 19.3 Å². The molecule has 0 amide bonds. The number of piperidine rings is 1. The van der Waals surface area contributed by atoms with E-state index in [1.165, 1.54) is 12.2 Å². The van der Waals surface area contributed by atoms with E-state index in [0.29, 0.717) is 5.57 Å². The Hall–Kier alpha value is -1.03. The maximum atomic E-state index is 12.8. The average molecular weight is 227 g/mol. The Bertz CT molecular complexity index is 341. The van der Waals surface area contributed by atoms with E-state index in [-0.39, 0.29) is 18.1 Å². The normalized spacial score (nSPS) is 25.2. The third-order valence-corrected chi connectivity index (χ3v) is 3.10. The van der Waals surface area contributed by atoms with Crippen LogP contribution in [-0.2, 0) is 4.79 Å². The number of halogens is 2. The van der Waals surface area contributed by atoms with Gasteiger partial charge in [0.05, 0.1) is 0 Å². The predicted molar refractivity (Wildman–Crippen MR) is 57.4 cm³/mol. The molecule has 0 radical (unpaired) electrons. The molecular formula is C12H15F2NO. The first kappa shape index (κ1) is 11.5. The molecule has 0 aromatic rings. The molecule has 0 spiro atoms. The van der Waals surface area contributed by atoms with Crippen molar-refractivity contribution >= 4 is 5.78 Å². The molecule has 0 aromatic carbocycles. The van der Waals surface area contributed by atoms with Gasteiger partial charge in [-0.05, 0) is 38.1 Å². The smallest absolute Gasteiger partial charge is 0.270 e. The maximum Gasteiger partial charge on any atom is 0.270 e. The van der Waals surface area contributed by atoms with Crippen LogP contribution in [0, 0.1) is 5.92 Å². The average Bonchev–Trinajstić information content (AvgIpc) is 2.29. The van der Waals surface area contributed by atoms with E-state index in [0.717, 1.165) is 32.0 Å². The first-order valence-electron chi connectivity index (χ1n) is 5.61. The van der Waals surface area contributed by atoms with Crippen molar-refractivity contribution in [2.45, 2.75) is 25.2 Å². The largest absolute Gasteiger partial charge is 0.317 e. The minimum absolute atomic E-state index is 0.00359. The third kappa shape index (κ3) is 2.55. The lowest BCUT2D eigenvalue weighted by Crippen LogP contribution is -2.32. The van der Waals surface area contributed by atoms with E-state index in [9.17, 15) is 13.6 Å². The molecule has 0 unspecified atom stereocenters. The minimum Gasteiger partial charge on any atom is -0.317 e. The number of carbonyl (C=O) groups excluding carboxylic acids is 1. The summed E-state index contributed by atoms with van der Waals surface area (Å²) in [6.45, 7) is 1.67. The van der Waals surface area contributed by atoms with Gasteiger partial charge in [-0.2, -0.15) is 0 Å². The van der Waals surface area contributed by atoms with E-state index in [2.05, 4.69) is 5.32 Å². The molecule has 16 heavy (non-hydrogen) atoms. The highest BCUT2D eigenvalue weighted by Crippen LogP contribution is 2.28. The van der Waals surface area contributed by atoms with Gasteiger partial charge in [-0.15, -0.1) is 0 Å². The van der Waals surface area contributed by atoms with Gasteiger partial charge in [0.1, 0.15) is 0 Å². The summed E-state index contributed by atoms with van der Waals surface area (Å²) in [5.41, 5.74) is 0.456. The van der Waals surface area contributed by atoms with Crippen molar-refractivity contribution in [3.05, 3.63) is 23.8 Å². The van der Waals surface area contributed by atoms with Crippen molar-refractivity contribution in [1.82, 2.24) is 5.32 Å². The SMILES string of the molecule is O=C(C1=CCC(F)(F)C=C1)C1CCNCC1. The van der Waals surface area contributed by atoms with Gasteiger partial charge >= 0.3 is 0 Å². The highest BCUT2D eigenvalue weighted by Gasteiger charge is 2.30. The molecular weight excluding hydrogens is 212 g/mol. The lowest BCUT2D eigenvalue weighted by atomic mass is 9.87. The number of rotatable bonds is 2. The molecule has 1 aliphatic carbocycles. The van der Waals surface area contributed by atoms with Gasteiger partial charge < -0.3 is 5.32 Å². The zero-order chi connectivity index (χ0) is 11.6. The topological polar surface area (TPSA) is 29.1 Å². The van der Waals surface area contributed by atoms with Gasteiger partial charge in [-0.25, -0.2) is 8.78 Å². The molecule has 1 N–H and O–H groups in total. The molecule has 1 fully saturated rings. The third-order valence-electron chi connectivity index (χ3n) is 3.10. The molecule has 0 atom stereocenters. The number of ketones is 1. The maximum absolute atomic E-state index is 12.8. The van der Waals surface area contributed by atoms with Crippen molar-refractivity contribution in [3.8, 4) is 0 Å². The van der Waals surface area contributed by atoms with Crippen LogP contribution < -0.4 is 5.32 Å². The van der Waals surface area contributed by atoms with Crippen molar-refractivity contribution in [2.75, 3.05) is 13.1 Å². The lowest BCUT2D eigenvalue weighted by molar-refractivity contribution is -0.119. The van der Waals surface area contributed by atoms with Crippen LogP contribution in [0.4, 0.5) is 8.78 Å². The summed E-state index contributed by atoms with van der Waals surface area (Å²) in [6, 6.07) is 0. The van der Waals surface area contributed by atoms with E-state index in [4.69, 9.17) is 0 Å². The van der Waals surface area contributed by atoms with Crippen LogP contribution >= 0.6 is 0 Å². The summed E-state index contributed by atoms with van der Waals surface area (Å²) in [6.07, 6.45) is 4.73. The Labute approximate surface area is 93.4 Å². The molecule has 2 nitrogen and oxygen atoms in total. The number of hydrogen-bond donors (Lipinski definition) is 1. The standard InChI is InChI=1S/C12H15F2NO/c13-12(14)5-1-9(2-6-12)11(16)10-3-7-15-8-4-10/h1-2,5,10,15H,3-4,6-8H2. The number of carbonyl (C=O) groups is 1.